The summed E-state index contributed by atoms with van der Waals surface area (Å²) in [5.41, 5.74) is 1.54. The summed E-state index contributed by atoms with van der Waals surface area (Å²) < 4.78 is 33.4. The third-order valence-corrected chi connectivity index (χ3v) is 7.71. The van der Waals surface area contributed by atoms with Crippen molar-refractivity contribution in [3.8, 4) is 0 Å². The number of ether oxygens (including phenoxy) is 1. The van der Waals surface area contributed by atoms with Crippen molar-refractivity contribution in [1.82, 2.24) is 4.90 Å². The molecule has 0 spiro atoms. The van der Waals surface area contributed by atoms with Gasteiger partial charge in [-0.3, -0.25) is 9.69 Å². The van der Waals surface area contributed by atoms with E-state index in [-0.39, 0.29) is 34.8 Å². The Bertz CT molecular complexity index is 1280. The van der Waals surface area contributed by atoms with Crippen LogP contribution in [-0.2, 0) is 16.0 Å². The van der Waals surface area contributed by atoms with Gasteiger partial charge in [-0.15, -0.1) is 0 Å². The molecule has 0 aromatic heterocycles. The minimum Gasteiger partial charge on any atom is -0.439 e. The number of anilines is 2. The molecule has 4 rings (SSSR count). The molecule has 210 valence electrons. The Kier molecular flexibility index (Phi) is 8.88. The van der Waals surface area contributed by atoms with Crippen molar-refractivity contribution in [2.75, 3.05) is 43.5 Å². The number of nitrogens with zero attached hydrogens (tertiary/aromatic N) is 3. The van der Waals surface area contributed by atoms with Gasteiger partial charge >= 0.3 is 6.09 Å². The van der Waals surface area contributed by atoms with Gasteiger partial charge in [0.1, 0.15) is 17.2 Å². The van der Waals surface area contributed by atoms with Crippen LogP contribution in [0, 0.1) is 17.6 Å². The van der Waals surface area contributed by atoms with E-state index in [1.165, 1.54) is 21.9 Å². The van der Waals surface area contributed by atoms with Gasteiger partial charge in [-0.1, -0.05) is 35.3 Å². The van der Waals surface area contributed by atoms with Crippen LogP contribution in [0.5, 0.6) is 0 Å². The second kappa shape index (κ2) is 11.8. The first-order chi connectivity index (χ1) is 18.4. The van der Waals surface area contributed by atoms with Crippen LogP contribution in [-0.4, -0.2) is 56.2 Å². The Morgan fingerprint density at radius 3 is 2.38 bits per heavy atom. The number of carbonyl (C=O) groups excluding carboxylic acids is 2. The second-order valence-corrected chi connectivity index (χ2v) is 11.7. The van der Waals surface area contributed by atoms with Gasteiger partial charge in [0, 0.05) is 32.1 Å². The van der Waals surface area contributed by atoms with Crippen LogP contribution >= 0.6 is 23.2 Å². The molecule has 0 saturated carbocycles. The predicted molar refractivity (Wildman–Crippen MR) is 151 cm³/mol. The molecule has 1 heterocycles. The topological polar surface area (TPSA) is 53.1 Å². The molecule has 0 N–H and O–H groups in total. The highest BCUT2D eigenvalue weighted by Gasteiger charge is 2.35. The minimum absolute atomic E-state index is 0.0694. The number of hydrogen-bond donors (Lipinski definition) is 0. The Balaban J connectivity index is 1.58. The van der Waals surface area contributed by atoms with Gasteiger partial charge in [0.25, 0.3) is 0 Å². The van der Waals surface area contributed by atoms with Crippen molar-refractivity contribution in [2.45, 2.75) is 45.1 Å². The number of amides is 2. The monoisotopic (exact) mass is 579 g/mol. The van der Waals surface area contributed by atoms with Crippen molar-refractivity contribution < 1.29 is 23.1 Å². The van der Waals surface area contributed by atoms with Crippen LogP contribution < -0.4 is 9.80 Å². The van der Waals surface area contributed by atoms with Crippen molar-refractivity contribution in [3.05, 3.63) is 69.2 Å². The van der Waals surface area contributed by atoms with Crippen LogP contribution in [0.15, 0.2) is 42.0 Å². The maximum absolute atomic E-state index is 14.3. The first-order valence-corrected chi connectivity index (χ1v) is 13.7. The number of benzene rings is 2. The zero-order valence-electron chi connectivity index (χ0n) is 22.6. The fraction of sp³-hybridized carbons (Fsp3) is 0.448. The SMILES string of the molecule is CN(C)CCN(C(=O)OC(C)(C)C1=CC1)c1cc(Cl)c(N2CC(Cc3ccc(F)cc3F)CCC2=O)c(Cl)c1. The van der Waals surface area contributed by atoms with Gasteiger partial charge < -0.3 is 14.5 Å². The summed E-state index contributed by atoms with van der Waals surface area (Å²) in [6.07, 6.45) is 3.48. The molecular weight excluding hydrogens is 547 g/mol. The third kappa shape index (κ3) is 7.10. The quantitative estimate of drug-likeness (QED) is 0.304. The largest absolute Gasteiger partial charge is 0.439 e. The normalized spacial score (nSPS) is 17.4. The fourth-order valence-electron chi connectivity index (χ4n) is 4.77. The van der Waals surface area contributed by atoms with Gasteiger partial charge in [-0.2, -0.15) is 0 Å². The number of likely N-dealkylation sites (N-methyl/N-ethyl adjacent to an activating group) is 1. The summed E-state index contributed by atoms with van der Waals surface area (Å²) in [6.45, 7) is 4.90. The van der Waals surface area contributed by atoms with Crippen molar-refractivity contribution in [2.24, 2.45) is 5.92 Å². The first kappa shape index (κ1) is 29.3. The average Bonchev–Trinajstić information content (AvgIpc) is 3.68. The summed E-state index contributed by atoms with van der Waals surface area (Å²) in [5.74, 6) is -1.46. The van der Waals surface area contributed by atoms with E-state index in [1.807, 2.05) is 38.9 Å². The third-order valence-electron chi connectivity index (χ3n) is 7.13. The van der Waals surface area contributed by atoms with Crippen molar-refractivity contribution >= 4 is 46.6 Å². The molecule has 1 fully saturated rings. The number of hydrogen-bond acceptors (Lipinski definition) is 4. The molecule has 1 atom stereocenters. The van der Waals surface area contributed by atoms with Crippen LogP contribution in [0.25, 0.3) is 0 Å². The number of halogens is 4. The highest BCUT2D eigenvalue weighted by atomic mass is 35.5. The smallest absolute Gasteiger partial charge is 0.415 e. The van der Waals surface area contributed by atoms with Crippen LogP contribution in [0.3, 0.4) is 0 Å². The molecule has 2 amide bonds. The van der Waals surface area contributed by atoms with Crippen molar-refractivity contribution in [1.29, 1.82) is 0 Å². The van der Waals surface area contributed by atoms with Gasteiger partial charge in [0.15, 0.2) is 0 Å². The van der Waals surface area contributed by atoms with E-state index in [9.17, 15) is 18.4 Å². The number of allylic oxidation sites excluding steroid dienone is 1. The van der Waals surface area contributed by atoms with E-state index >= 15 is 0 Å². The van der Waals surface area contributed by atoms with Gasteiger partial charge in [0.05, 0.1) is 21.4 Å². The predicted octanol–water partition coefficient (Wildman–Crippen LogP) is 6.87. The molecule has 10 heteroatoms. The summed E-state index contributed by atoms with van der Waals surface area (Å²) in [7, 11) is 3.81. The lowest BCUT2D eigenvalue weighted by atomic mass is 9.90. The second-order valence-electron chi connectivity index (χ2n) is 10.9. The van der Waals surface area contributed by atoms with E-state index in [0.29, 0.717) is 42.9 Å². The molecule has 2 aliphatic rings. The van der Waals surface area contributed by atoms with E-state index in [0.717, 1.165) is 18.1 Å². The molecule has 2 aromatic rings. The Morgan fingerprint density at radius 1 is 1.13 bits per heavy atom. The average molecular weight is 581 g/mol. The molecule has 2 aromatic carbocycles. The van der Waals surface area contributed by atoms with Gasteiger partial charge in [0.2, 0.25) is 5.91 Å². The Hall–Kier alpha value is -2.68. The van der Waals surface area contributed by atoms with Gasteiger partial charge in [-0.05, 0) is 82.5 Å². The first-order valence-electron chi connectivity index (χ1n) is 12.9. The summed E-state index contributed by atoms with van der Waals surface area (Å²) >= 11 is 13.4. The molecule has 1 aliphatic carbocycles. The molecule has 0 bridgehead atoms. The number of rotatable bonds is 9. The molecular formula is C29H33Cl2F2N3O3. The van der Waals surface area contributed by atoms with Crippen LogP contribution in [0.1, 0.15) is 38.7 Å². The number of piperidine rings is 1. The molecule has 1 saturated heterocycles. The molecule has 0 radical (unpaired) electrons. The van der Waals surface area contributed by atoms with E-state index in [2.05, 4.69) is 0 Å². The lowest BCUT2D eigenvalue weighted by molar-refractivity contribution is -0.120. The highest BCUT2D eigenvalue weighted by Crippen LogP contribution is 2.41. The molecule has 39 heavy (non-hydrogen) atoms. The molecule has 1 unspecified atom stereocenters. The maximum Gasteiger partial charge on any atom is 0.415 e. The molecule has 1 aliphatic heterocycles. The number of carbonyl (C=O) groups is 2. The van der Waals surface area contributed by atoms with E-state index < -0.39 is 23.3 Å². The van der Waals surface area contributed by atoms with Crippen molar-refractivity contribution in [3.63, 3.8) is 0 Å². The summed E-state index contributed by atoms with van der Waals surface area (Å²) in [4.78, 5) is 31.2. The highest BCUT2D eigenvalue weighted by molar-refractivity contribution is 6.40. The van der Waals surface area contributed by atoms with Crippen LogP contribution in [0.2, 0.25) is 10.0 Å². The lowest BCUT2D eigenvalue weighted by Gasteiger charge is -2.34. The minimum atomic E-state index is -0.722. The Morgan fingerprint density at radius 2 is 1.79 bits per heavy atom. The fourth-order valence-corrected chi connectivity index (χ4v) is 5.45. The Labute approximate surface area is 238 Å². The summed E-state index contributed by atoms with van der Waals surface area (Å²) in [5, 5.41) is 0.428. The maximum atomic E-state index is 14.3. The summed E-state index contributed by atoms with van der Waals surface area (Å²) in [6, 6.07) is 6.75. The van der Waals surface area contributed by atoms with E-state index in [4.69, 9.17) is 27.9 Å². The zero-order valence-corrected chi connectivity index (χ0v) is 24.1. The van der Waals surface area contributed by atoms with E-state index in [1.54, 1.807) is 12.1 Å². The van der Waals surface area contributed by atoms with Crippen LogP contribution in [0.4, 0.5) is 25.0 Å². The molecule has 6 nitrogen and oxygen atoms in total. The van der Waals surface area contributed by atoms with Gasteiger partial charge in [-0.25, -0.2) is 13.6 Å². The zero-order chi connectivity index (χ0) is 28.5. The lowest BCUT2D eigenvalue weighted by Crippen LogP contribution is -2.42. The standard InChI is InChI=1S/C29H33Cl2F2N3O3/c1-29(2,20-7-8-20)39-28(38)35(12-11-34(3)4)22-15-23(30)27(24(31)16-22)36-17-18(5-10-26(36)37)13-19-6-9-21(32)14-25(19)33/h6-7,9,14-16,18H,5,8,10-13,17H2,1-4H3.